The third-order valence-corrected chi connectivity index (χ3v) is 4.38. The highest BCUT2D eigenvalue weighted by Gasteiger charge is 2.09. The lowest BCUT2D eigenvalue weighted by atomic mass is 10.1. The van der Waals surface area contributed by atoms with E-state index in [0.717, 1.165) is 22.6 Å². The Morgan fingerprint density at radius 3 is 2.71 bits per heavy atom. The molecule has 6 heteroatoms. The third-order valence-electron chi connectivity index (χ3n) is 4.38. The second-order valence-electron chi connectivity index (χ2n) is 6.59. The average Bonchev–Trinajstić information content (AvgIpc) is 2.70. The van der Waals surface area contributed by atoms with E-state index in [-0.39, 0.29) is 5.91 Å². The molecule has 0 aliphatic rings. The number of hydrogen-bond acceptors (Lipinski definition) is 5. The number of nitrogens with zero attached hydrogens (tertiary/aromatic N) is 2. The summed E-state index contributed by atoms with van der Waals surface area (Å²) in [6.45, 7) is 4.59. The minimum absolute atomic E-state index is 0.228. The molecule has 0 aliphatic heterocycles. The van der Waals surface area contributed by atoms with Crippen LogP contribution in [0.1, 0.15) is 27.2 Å². The largest absolute Gasteiger partial charge is 0.497 e. The smallest absolute Gasteiger partial charge is 0.270 e. The first-order valence-electron chi connectivity index (χ1n) is 9.12. The van der Waals surface area contributed by atoms with E-state index in [1.165, 1.54) is 11.9 Å². The molecule has 1 heterocycles. The van der Waals surface area contributed by atoms with Gasteiger partial charge in [-0.2, -0.15) is 0 Å². The van der Waals surface area contributed by atoms with Crippen LogP contribution >= 0.6 is 0 Å². The predicted octanol–water partition coefficient (Wildman–Crippen LogP) is 3.82. The first-order valence-corrected chi connectivity index (χ1v) is 9.12. The monoisotopic (exact) mass is 376 g/mol. The van der Waals surface area contributed by atoms with E-state index in [2.05, 4.69) is 33.6 Å². The van der Waals surface area contributed by atoms with Gasteiger partial charge in [0.2, 0.25) is 0 Å². The van der Waals surface area contributed by atoms with Gasteiger partial charge in [-0.15, -0.1) is 0 Å². The standard InChI is InChI=1S/C22H24N4O2/c1-15-7-8-19(16(2)11-15)26-21-13-20(24-14-25-21)22(27)23-10-9-17-5-4-6-18(12-17)28-3/h4-8,11-14H,9-10H2,1-3H3,(H,23,27)(H,24,25,26). The predicted molar refractivity (Wildman–Crippen MR) is 110 cm³/mol. The Morgan fingerprint density at radius 2 is 1.93 bits per heavy atom. The van der Waals surface area contributed by atoms with E-state index in [0.29, 0.717) is 24.5 Å². The molecule has 2 aromatic carbocycles. The summed E-state index contributed by atoms with van der Waals surface area (Å²) in [5, 5.41) is 6.14. The number of carbonyl (C=O) groups excluding carboxylic acids is 1. The van der Waals surface area contributed by atoms with Crippen LogP contribution in [0.25, 0.3) is 0 Å². The Labute approximate surface area is 165 Å². The number of methoxy groups -OCH3 is 1. The van der Waals surface area contributed by atoms with Crippen molar-refractivity contribution in [3.63, 3.8) is 0 Å². The number of amides is 1. The first-order chi connectivity index (χ1) is 13.5. The molecule has 2 N–H and O–H groups in total. The zero-order valence-corrected chi connectivity index (χ0v) is 16.3. The van der Waals surface area contributed by atoms with E-state index in [1.54, 1.807) is 13.2 Å². The van der Waals surface area contributed by atoms with Crippen LogP contribution in [0.2, 0.25) is 0 Å². The summed E-state index contributed by atoms with van der Waals surface area (Å²) in [5.74, 6) is 1.16. The van der Waals surface area contributed by atoms with Crippen LogP contribution in [0.3, 0.4) is 0 Å². The molecular formula is C22H24N4O2. The van der Waals surface area contributed by atoms with Crippen LogP contribution in [0.15, 0.2) is 54.9 Å². The minimum Gasteiger partial charge on any atom is -0.497 e. The number of aromatic nitrogens is 2. The van der Waals surface area contributed by atoms with E-state index >= 15 is 0 Å². The topological polar surface area (TPSA) is 76.1 Å². The van der Waals surface area contributed by atoms with Gasteiger partial charge in [0.15, 0.2) is 0 Å². The molecule has 28 heavy (non-hydrogen) atoms. The van der Waals surface area contributed by atoms with Gasteiger partial charge in [0.25, 0.3) is 5.91 Å². The fourth-order valence-electron chi connectivity index (χ4n) is 2.88. The lowest BCUT2D eigenvalue weighted by molar-refractivity contribution is 0.0949. The number of hydrogen-bond donors (Lipinski definition) is 2. The molecular weight excluding hydrogens is 352 g/mol. The maximum absolute atomic E-state index is 12.4. The maximum atomic E-state index is 12.4. The molecule has 6 nitrogen and oxygen atoms in total. The number of aryl methyl sites for hydroxylation is 2. The van der Waals surface area contributed by atoms with Crippen molar-refractivity contribution in [2.24, 2.45) is 0 Å². The number of nitrogens with one attached hydrogen (secondary N) is 2. The maximum Gasteiger partial charge on any atom is 0.270 e. The Hall–Kier alpha value is -3.41. The van der Waals surface area contributed by atoms with Crippen LogP contribution in [0, 0.1) is 13.8 Å². The van der Waals surface area contributed by atoms with Crippen molar-refractivity contribution in [3.8, 4) is 5.75 Å². The number of benzene rings is 2. The Bertz CT molecular complexity index is 972. The fourth-order valence-corrected chi connectivity index (χ4v) is 2.88. The summed E-state index contributed by atoms with van der Waals surface area (Å²) >= 11 is 0. The fraction of sp³-hybridized carbons (Fsp3) is 0.227. The molecule has 0 atom stereocenters. The van der Waals surface area contributed by atoms with Gasteiger partial charge in [-0.25, -0.2) is 9.97 Å². The zero-order chi connectivity index (χ0) is 19.9. The van der Waals surface area contributed by atoms with Crippen molar-refractivity contribution in [2.75, 3.05) is 19.0 Å². The van der Waals surface area contributed by atoms with Gasteiger partial charge in [-0.05, 0) is 49.6 Å². The van der Waals surface area contributed by atoms with Gasteiger partial charge in [0.05, 0.1) is 7.11 Å². The lowest BCUT2D eigenvalue weighted by Crippen LogP contribution is -2.26. The Morgan fingerprint density at radius 1 is 1.07 bits per heavy atom. The molecule has 0 aliphatic carbocycles. The molecule has 0 saturated heterocycles. The molecule has 144 valence electrons. The van der Waals surface area contributed by atoms with Crippen LogP contribution in [0.4, 0.5) is 11.5 Å². The molecule has 0 radical (unpaired) electrons. The van der Waals surface area contributed by atoms with Gasteiger partial charge in [-0.1, -0.05) is 29.8 Å². The quantitative estimate of drug-likeness (QED) is 0.656. The SMILES string of the molecule is COc1cccc(CCNC(=O)c2cc(Nc3ccc(C)cc3C)ncn2)c1. The number of anilines is 2. The van der Waals surface area contributed by atoms with Gasteiger partial charge < -0.3 is 15.4 Å². The van der Waals surface area contributed by atoms with Gasteiger partial charge in [0.1, 0.15) is 23.6 Å². The van der Waals surface area contributed by atoms with Crippen molar-refractivity contribution in [3.05, 3.63) is 77.2 Å². The summed E-state index contributed by atoms with van der Waals surface area (Å²) in [4.78, 5) is 20.7. The van der Waals surface area contributed by atoms with Crippen molar-refractivity contribution in [1.82, 2.24) is 15.3 Å². The Balaban J connectivity index is 1.60. The minimum atomic E-state index is -0.228. The molecule has 1 aromatic heterocycles. The number of carbonyl (C=O) groups is 1. The molecule has 0 bridgehead atoms. The van der Waals surface area contributed by atoms with E-state index in [4.69, 9.17) is 4.74 Å². The highest BCUT2D eigenvalue weighted by atomic mass is 16.5. The second-order valence-corrected chi connectivity index (χ2v) is 6.59. The van der Waals surface area contributed by atoms with Crippen molar-refractivity contribution in [1.29, 1.82) is 0 Å². The highest BCUT2D eigenvalue weighted by molar-refractivity contribution is 5.93. The van der Waals surface area contributed by atoms with Crippen LogP contribution in [-0.4, -0.2) is 29.5 Å². The average molecular weight is 376 g/mol. The second kappa shape index (κ2) is 8.99. The van der Waals surface area contributed by atoms with E-state index in [1.807, 2.05) is 43.3 Å². The van der Waals surface area contributed by atoms with Crippen LogP contribution < -0.4 is 15.4 Å². The van der Waals surface area contributed by atoms with Gasteiger partial charge >= 0.3 is 0 Å². The first kappa shape index (κ1) is 19.4. The van der Waals surface area contributed by atoms with Crippen molar-refractivity contribution in [2.45, 2.75) is 20.3 Å². The molecule has 1 amide bonds. The summed E-state index contributed by atoms with van der Waals surface area (Å²) in [6.07, 6.45) is 2.10. The van der Waals surface area contributed by atoms with Crippen LogP contribution in [0.5, 0.6) is 5.75 Å². The Kier molecular flexibility index (Phi) is 6.22. The summed E-state index contributed by atoms with van der Waals surface area (Å²) in [7, 11) is 1.64. The van der Waals surface area contributed by atoms with Gasteiger partial charge in [-0.3, -0.25) is 4.79 Å². The number of rotatable bonds is 7. The highest BCUT2D eigenvalue weighted by Crippen LogP contribution is 2.20. The summed E-state index contributed by atoms with van der Waals surface area (Å²) in [6, 6.07) is 15.6. The zero-order valence-electron chi connectivity index (χ0n) is 16.3. The molecule has 3 rings (SSSR count). The summed E-state index contributed by atoms with van der Waals surface area (Å²) < 4.78 is 5.22. The molecule has 0 unspecified atom stereocenters. The van der Waals surface area contributed by atoms with Gasteiger partial charge in [0, 0.05) is 18.3 Å². The molecule has 0 fully saturated rings. The molecule has 3 aromatic rings. The van der Waals surface area contributed by atoms with E-state index in [9.17, 15) is 4.79 Å². The molecule has 0 spiro atoms. The lowest BCUT2D eigenvalue weighted by Gasteiger charge is -2.10. The van der Waals surface area contributed by atoms with Crippen molar-refractivity contribution < 1.29 is 9.53 Å². The number of ether oxygens (including phenoxy) is 1. The molecule has 0 saturated carbocycles. The third kappa shape index (κ3) is 5.07. The van der Waals surface area contributed by atoms with Crippen LogP contribution in [-0.2, 0) is 6.42 Å². The summed E-state index contributed by atoms with van der Waals surface area (Å²) in [5.41, 5.74) is 4.69. The van der Waals surface area contributed by atoms with Crippen molar-refractivity contribution >= 4 is 17.4 Å². The normalized spacial score (nSPS) is 10.4. The van der Waals surface area contributed by atoms with E-state index < -0.39 is 0 Å².